The van der Waals surface area contributed by atoms with Gasteiger partial charge in [0.15, 0.2) is 0 Å². The van der Waals surface area contributed by atoms with E-state index < -0.39 is 17.7 Å². The van der Waals surface area contributed by atoms with Crippen molar-refractivity contribution in [3.8, 4) is 11.3 Å². The number of aryl methyl sites for hydroxylation is 1. The summed E-state index contributed by atoms with van der Waals surface area (Å²) in [6.45, 7) is 13.4. The molecule has 1 saturated heterocycles. The third-order valence-corrected chi connectivity index (χ3v) is 7.09. The number of amides is 3. The molecular weight excluding hydrogens is 548 g/mol. The van der Waals surface area contributed by atoms with Gasteiger partial charge in [-0.1, -0.05) is 12.1 Å². The third-order valence-electron chi connectivity index (χ3n) is 7.09. The fourth-order valence-electron chi connectivity index (χ4n) is 5.22. The molecule has 1 atom stereocenters. The maximum Gasteiger partial charge on any atom is 0.410 e. The van der Waals surface area contributed by atoms with Crippen molar-refractivity contribution in [1.82, 2.24) is 34.9 Å². The van der Waals surface area contributed by atoms with Gasteiger partial charge in [-0.3, -0.25) is 4.68 Å². The molecule has 0 aliphatic carbocycles. The van der Waals surface area contributed by atoms with Gasteiger partial charge < -0.3 is 29.9 Å². The lowest BCUT2D eigenvalue weighted by atomic mass is 9.96. The van der Waals surface area contributed by atoms with Crippen LogP contribution in [0.3, 0.4) is 0 Å². The lowest BCUT2D eigenvalue weighted by Crippen LogP contribution is -2.59. The number of likely N-dealkylation sites (tertiary alicyclic amines) is 1. The van der Waals surface area contributed by atoms with Crippen molar-refractivity contribution in [2.24, 2.45) is 7.05 Å². The van der Waals surface area contributed by atoms with Crippen molar-refractivity contribution in [2.75, 3.05) is 31.5 Å². The van der Waals surface area contributed by atoms with Crippen molar-refractivity contribution in [3.05, 3.63) is 54.0 Å². The summed E-state index contributed by atoms with van der Waals surface area (Å²) >= 11 is 0. The van der Waals surface area contributed by atoms with E-state index in [1.54, 1.807) is 26.9 Å². The number of aromatic nitrogens is 4. The average Bonchev–Trinajstić information content (AvgIpc) is 3.20. The Morgan fingerprint density at radius 2 is 1.77 bits per heavy atom. The minimum absolute atomic E-state index is 0.0124. The van der Waals surface area contributed by atoms with E-state index in [4.69, 9.17) is 14.5 Å². The second-order valence-electron chi connectivity index (χ2n) is 13.1. The topological polar surface area (TPSA) is 127 Å². The Labute approximate surface area is 252 Å². The Kier molecular flexibility index (Phi) is 8.33. The highest BCUT2D eigenvalue weighted by molar-refractivity contribution is 5.76. The summed E-state index contributed by atoms with van der Waals surface area (Å²) in [5, 5.41) is 10.5. The van der Waals surface area contributed by atoms with E-state index in [2.05, 4.69) is 26.8 Å². The van der Waals surface area contributed by atoms with Gasteiger partial charge in [0.2, 0.25) is 5.95 Å². The standard InChI is InChI=1S/C31H42N8O4/c1-30(2,3)42-23-17-39(18-23)28(40)36-26-19-38(29(41)43-31(4,5)6)13-11-20-14-21(8-9-24(20)26)25-10-12-32-27(35-25)34-22-15-33-37(7)16-22/h8-10,12,14-16,23,26H,11,13,17-19H2,1-7H3,(H,36,40)(H,32,34,35). The number of carbonyl (C=O) groups is 2. The number of nitrogens with zero attached hydrogens (tertiary/aromatic N) is 6. The van der Waals surface area contributed by atoms with Crippen LogP contribution in [0.4, 0.5) is 21.2 Å². The maximum absolute atomic E-state index is 13.3. The second kappa shape index (κ2) is 11.8. The quantitative estimate of drug-likeness (QED) is 0.439. The Bertz CT molecular complexity index is 1470. The summed E-state index contributed by atoms with van der Waals surface area (Å²) in [7, 11) is 1.85. The number of nitrogens with one attached hydrogen (secondary N) is 2. The van der Waals surface area contributed by atoms with Gasteiger partial charge in [0.1, 0.15) is 5.60 Å². The Hall–Kier alpha value is -4.19. The Balaban J connectivity index is 1.37. The lowest BCUT2D eigenvalue weighted by Gasteiger charge is -2.42. The number of urea groups is 1. The summed E-state index contributed by atoms with van der Waals surface area (Å²) in [6, 6.07) is 7.36. The molecular formula is C31H42N8O4. The minimum atomic E-state index is -0.629. The van der Waals surface area contributed by atoms with Gasteiger partial charge in [0, 0.05) is 38.1 Å². The molecule has 0 spiro atoms. The van der Waals surface area contributed by atoms with Gasteiger partial charge in [-0.15, -0.1) is 0 Å². The molecule has 1 fully saturated rings. The number of anilines is 2. The molecule has 0 saturated carbocycles. The van der Waals surface area contributed by atoms with E-state index in [1.807, 2.05) is 73.0 Å². The fourth-order valence-corrected chi connectivity index (χ4v) is 5.22. The fraction of sp³-hybridized carbons (Fsp3) is 0.516. The molecule has 2 N–H and O–H groups in total. The molecule has 43 heavy (non-hydrogen) atoms. The van der Waals surface area contributed by atoms with E-state index in [-0.39, 0.29) is 17.7 Å². The SMILES string of the molecule is Cn1cc(Nc2nccc(-c3ccc4c(c3)CCN(C(=O)OC(C)(C)C)CC4NC(=O)N3CC(OC(C)(C)C)C3)n2)cn1. The van der Waals surface area contributed by atoms with Crippen LogP contribution in [0.1, 0.15) is 58.7 Å². The van der Waals surface area contributed by atoms with E-state index in [0.717, 1.165) is 28.1 Å². The first-order valence-corrected chi connectivity index (χ1v) is 14.7. The summed E-state index contributed by atoms with van der Waals surface area (Å²) in [5.74, 6) is 0.463. The van der Waals surface area contributed by atoms with Crippen LogP contribution >= 0.6 is 0 Å². The molecule has 2 aromatic heterocycles. The van der Waals surface area contributed by atoms with Crippen molar-refractivity contribution in [1.29, 1.82) is 0 Å². The number of carbonyl (C=O) groups excluding carboxylic acids is 2. The number of hydrogen-bond acceptors (Lipinski definition) is 8. The first-order valence-electron chi connectivity index (χ1n) is 14.7. The smallest absolute Gasteiger partial charge is 0.410 e. The van der Waals surface area contributed by atoms with E-state index in [9.17, 15) is 9.59 Å². The molecule has 0 bridgehead atoms. The van der Waals surface area contributed by atoms with Crippen LogP contribution < -0.4 is 10.6 Å². The average molecular weight is 591 g/mol. The van der Waals surface area contributed by atoms with Crippen molar-refractivity contribution in [3.63, 3.8) is 0 Å². The minimum Gasteiger partial charge on any atom is -0.444 e. The molecule has 1 aromatic carbocycles. The van der Waals surface area contributed by atoms with E-state index in [0.29, 0.717) is 38.5 Å². The van der Waals surface area contributed by atoms with Crippen LogP contribution in [0.5, 0.6) is 0 Å². The van der Waals surface area contributed by atoms with Gasteiger partial charge in [-0.2, -0.15) is 5.10 Å². The van der Waals surface area contributed by atoms with Crippen LogP contribution in [-0.4, -0.2) is 85.2 Å². The normalized spacial score (nSPS) is 17.5. The van der Waals surface area contributed by atoms with Gasteiger partial charge in [-0.25, -0.2) is 19.6 Å². The number of benzene rings is 1. The summed E-state index contributed by atoms with van der Waals surface area (Å²) in [5.41, 5.74) is 3.57. The van der Waals surface area contributed by atoms with E-state index in [1.165, 1.54) is 0 Å². The van der Waals surface area contributed by atoms with Crippen LogP contribution in [-0.2, 0) is 22.9 Å². The molecule has 2 aliphatic heterocycles. The van der Waals surface area contributed by atoms with Gasteiger partial charge >= 0.3 is 12.1 Å². The highest BCUT2D eigenvalue weighted by atomic mass is 16.6. The maximum atomic E-state index is 13.3. The predicted molar refractivity (Wildman–Crippen MR) is 163 cm³/mol. The van der Waals surface area contributed by atoms with Crippen molar-refractivity contribution < 1.29 is 19.1 Å². The summed E-state index contributed by atoms with van der Waals surface area (Å²) < 4.78 is 13.4. The summed E-state index contributed by atoms with van der Waals surface area (Å²) in [6.07, 6.45) is 5.49. The largest absolute Gasteiger partial charge is 0.444 e. The highest BCUT2D eigenvalue weighted by Crippen LogP contribution is 2.30. The molecule has 230 valence electrons. The summed E-state index contributed by atoms with van der Waals surface area (Å²) in [4.78, 5) is 38.9. The molecule has 0 radical (unpaired) electrons. The lowest BCUT2D eigenvalue weighted by molar-refractivity contribution is -0.111. The highest BCUT2D eigenvalue weighted by Gasteiger charge is 2.36. The zero-order valence-electron chi connectivity index (χ0n) is 26.0. The van der Waals surface area contributed by atoms with Crippen molar-refractivity contribution >= 4 is 23.8 Å². The molecule has 5 rings (SSSR count). The van der Waals surface area contributed by atoms with Crippen molar-refractivity contribution in [2.45, 2.75) is 71.3 Å². The molecule has 2 aliphatic rings. The van der Waals surface area contributed by atoms with Gasteiger partial charge in [0.25, 0.3) is 0 Å². The second-order valence-corrected chi connectivity index (χ2v) is 13.1. The number of fused-ring (bicyclic) bond motifs is 1. The first kappa shape index (κ1) is 30.3. The van der Waals surface area contributed by atoms with E-state index >= 15 is 0 Å². The predicted octanol–water partition coefficient (Wildman–Crippen LogP) is 4.66. The zero-order valence-corrected chi connectivity index (χ0v) is 26.0. The number of ether oxygens (including phenoxy) is 2. The molecule has 3 aromatic rings. The Morgan fingerprint density at radius 1 is 1.00 bits per heavy atom. The molecule has 4 heterocycles. The van der Waals surface area contributed by atoms with Crippen LogP contribution in [0.15, 0.2) is 42.9 Å². The third kappa shape index (κ3) is 7.81. The molecule has 1 unspecified atom stereocenters. The molecule has 12 heteroatoms. The van der Waals surface area contributed by atoms with Crippen LogP contribution in [0.25, 0.3) is 11.3 Å². The van der Waals surface area contributed by atoms with Crippen LogP contribution in [0.2, 0.25) is 0 Å². The van der Waals surface area contributed by atoms with Gasteiger partial charge in [-0.05, 0) is 71.2 Å². The molecule has 3 amide bonds. The number of rotatable bonds is 5. The zero-order chi connectivity index (χ0) is 30.9. The monoisotopic (exact) mass is 590 g/mol. The number of hydrogen-bond donors (Lipinski definition) is 2. The Morgan fingerprint density at radius 3 is 2.44 bits per heavy atom. The first-order chi connectivity index (χ1) is 20.2. The van der Waals surface area contributed by atoms with Gasteiger partial charge in [0.05, 0.1) is 48.4 Å². The van der Waals surface area contributed by atoms with Crippen LogP contribution in [0, 0.1) is 0 Å². The molecule has 12 nitrogen and oxygen atoms in total.